The van der Waals surface area contributed by atoms with Crippen LogP contribution in [-0.2, 0) is 6.54 Å². The first kappa shape index (κ1) is 23.2. The third kappa shape index (κ3) is 4.81. The summed E-state index contributed by atoms with van der Waals surface area (Å²) in [6, 6.07) is 10.5. The van der Waals surface area contributed by atoms with Gasteiger partial charge in [-0.15, -0.1) is 11.3 Å². The minimum atomic E-state index is -1.00. The lowest BCUT2D eigenvalue weighted by molar-refractivity contribution is 0.0697. The average molecular weight is 496 g/mol. The smallest absolute Gasteiger partial charge is 0.349 e. The van der Waals surface area contributed by atoms with Crippen molar-refractivity contribution in [2.24, 2.45) is 5.92 Å². The van der Waals surface area contributed by atoms with Crippen molar-refractivity contribution in [3.05, 3.63) is 59.0 Å². The van der Waals surface area contributed by atoms with Crippen LogP contribution in [0.4, 0.5) is 10.1 Å². The normalized spacial score (nSPS) is 13.2. The summed E-state index contributed by atoms with van der Waals surface area (Å²) >= 11 is 1.16. The second kappa shape index (κ2) is 9.58. The lowest BCUT2D eigenvalue weighted by atomic mass is 10.2. The molecular formula is C26H26FN3O4S. The summed E-state index contributed by atoms with van der Waals surface area (Å²) in [5, 5.41) is 13.7. The number of fused-ring (bicyclic) bond motifs is 1. The molecule has 0 spiro atoms. The van der Waals surface area contributed by atoms with E-state index in [4.69, 9.17) is 9.47 Å². The van der Waals surface area contributed by atoms with E-state index in [0.717, 1.165) is 45.8 Å². The number of hydrogen-bond acceptors (Lipinski definition) is 6. The Hall–Kier alpha value is -3.59. The number of anilines is 1. The van der Waals surface area contributed by atoms with Gasteiger partial charge < -0.3 is 24.5 Å². The van der Waals surface area contributed by atoms with Gasteiger partial charge in [-0.05, 0) is 56.0 Å². The molecule has 0 radical (unpaired) electrons. The van der Waals surface area contributed by atoms with Crippen molar-refractivity contribution in [2.75, 3.05) is 25.6 Å². The SMILES string of the molecule is COc1ccc(F)c2c1cc(C)n2CCNc1ccnc(-c2cc(OCC3CC3)c(C(=O)O)s2)c1. The summed E-state index contributed by atoms with van der Waals surface area (Å²) < 4.78 is 27.7. The van der Waals surface area contributed by atoms with Crippen molar-refractivity contribution < 1.29 is 23.8 Å². The van der Waals surface area contributed by atoms with E-state index < -0.39 is 5.97 Å². The summed E-state index contributed by atoms with van der Waals surface area (Å²) in [4.78, 5) is 17.0. The maximum absolute atomic E-state index is 14.6. The molecule has 182 valence electrons. The molecule has 0 atom stereocenters. The highest BCUT2D eigenvalue weighted by Crippen LogP contribution is 2.38. The van der Waals surface area contributed by atoms with E-state index in [9.17, 15) is 14.3 Å². The maximum atomic E-state index is 14.6. The maximum Gasteiger partial charge on any atom is 0.349 e. The molecule has 0 aliphatic heterocycles. The third-order valence-corrected chi connectivity index (χ3v) is 7.26. The number of benzene rings is 1. The zero-order valence-electron chi connectivity index (χ0n) is 19.5. The van der Waals surface area contributed by atoms with Crippen LogP contribution in [0.5, 0.6) is 11.5 Å². The van der Waals surface area contributed by atoms with Crippen molar-refractivity contribution in [2.45, 2.75) is 26.3 Å². The molecule has 0 unspecified atom stereocenters. The van der Waals surface area contributed by atoms with E-state index in [2.05, 4.69) is 10.3 Å². The zero-order chi connectivity index (χ0) is 24.5. The Kier molecular flexibility index (Phi) is 6.34. The molecule has 9 heteroatoms. The van der Waals surface area contributed by atoms with Gasteiger partial charge in [0.1, 0.15) is 17.3 Å². The van der Waals surface area contributed by atoms with Crippen molar-refractivity contribution in [3.8, 4) is 22.1 Å². The van der Waals surface area contributed by atoms with Gasteiger partial charge in [0.25, 0.3) is 0 Å². The van der Waals surface area contributed by atoms with E-state index in [1.165, 1.54) is 6.07 Å². The molecule has 2 N–H and O–H groups in total. The molecule has 5 rings (SSSR count). The minimum Gasteiger partial charge on any atom is -0.496 e. The Bertz CT molecular complexity index is 1390. The van der Waals surface area contributed by atoms with Gasteiger partial charge in [-0.25, -0.2) is 9.18 Å². The van der Waals surface area contributed by atoms with Gasteiger partial charge in [-0.3, -0.25) is 4.98 Å². The molecule has 0 bridgehead atoms. The van der Waals surface area contributed by atoms with Gasteiger partial charge in [-0.1, -0.05) is 0 Å². The number of halogens is 1. The van der Waals surface area contributed by atoms with Crippen molar-refractivity contribution in [1.29, 1.82) is 0 Å². The second-order valence-electron chi connectivity index (χ2n) is 8.67. The first-order valence-corrected chi connectivity index (χ1v) is 12.3. The van der Waals surface area contributed by atoms with E-state index >= 15 is 0 Å². The molecule has 3 aromatic heterocycles. The highest BCUT2D eigenvalue weighted by atomic mass is 32.1. The number of carboxylic acid groups (broad SMARTS) is 1. The standard InChI is InChI=1S/C26H26FN3O4S/c1-15-11-18-21(33-2)6-5-19(27)24(18)30(15)10-9-28-17-7-8-29-20(12-17)23-13-22(25(35-23)26(31)32)34-14-16-3-4-16/h5-8,11-13,16H,3-4,9-10,14H2,1-2H3,(H,28,29)(H,31,32). The van der Waals surface area contributed by atoms with E-state index in [1.807, 2.05) is 29.7 Å². The number of thiophene rings is 1. The number of rotatable bonds is 10. The molecule has 1 saturated carbocycles. The number of ether oxygens (including phenoxy) is 2. The molecule has 1 aromatic carbocycles. The van der Waals surface area contributed by atoms with Gasteiger partial charge >= 0.3 is 5.97 Å². The number of nitrogens with zero attached hydrogens (tertiary/aromatic N) is 2. The lowest BCUT2D eigenvalue weighted by Gasteiger charge is -2.12. The Morgan fingerprint density at radius 1 is 1.26 bits per heavy atom. The average Bonchev–Trinajstić information content (AvgIpc) is 3.48. The Labute approximate surface area is 206 Å². The lowest BCUT2D eigenvalue weighted by Crippen LogP contribution is -2.12. The van der Waals surface area contributed by atoms with Gasteiger partial charge in [0.2, 0.25) is 0 Å². The first-order chi connectivity index (χ1) is 16.9. The van der Waals surface area contributed by atoms with Crippen LogP contribution in [0.2, 0.25) is 0 Å². The molecule has 0 amide bonds. The van der Waals surface area contributed by atoms with Gasteiger partial charge in [0.05, 0.1) is 29.8 Å². The third-order valence-electron chi connectivity index (χ3n) is 6.14. The van der Waals surface area contributed by atoms with Crippen LogP contribution in [0.15, 0.2) is 42.6 Å². The Morgan fingerprint density at radius 2 is 2.09 bits per heavy atom. The number of aromatic nitrogens is 2. The van der Waals surface area contributed by atoms with Gasteiger partial charge in [-0.2, -0.15) is 0 Å². The van der Waals surface area contributed by atoms with E-state index in [1.54, 1.807) is 25.4 Å². The van der Waals surface area contributed by atoms with Crippen LogP contribution in [0.3, 0.4) is 0 Å². The highest BCUT2D eigenvalue weighted by molar-refractivity contribution is 7.17. The fourth-order valence-electron chi connectivity index (χ4n) is 4.14. The highest BCUT2D eigenvalue weighted by Gasteiger charge is 2.25. The fraction of sp³-hybridized carbons (Fsp3) is 0.308. The minimum absolute atomic E-state index is 0.188. The van der Waals surface area contributed by atoms with Crippen LogP contribution >= 0.6 is 11.3 Å². The quantitative estimate of drug-likeness (QED) is 0.288. The molecular weight excluding hydrogens is 469 g/mol. The van der Waals surface area contributed by atoms with Crippen molar-refractivity contribution >= 4 is 33.9 Å². The summed E-state index contributed by atoms with van der Waals surface area (Å²) in [6.07, 6.45) is 3.95. The molecule has 7 nitrogen and oxygen atoms in total. The zero-order valence-corrected chi connectivity index (χ0v) is 20.3. The monoisotopic (exact) mass is 495 g/mol. The van der Waals surface area contributed by atoms with Crippen LogP contribution in [0.25, 0.3) is 21.5 Å². The summed E-state index contributed by atoms with van der Waals surface area (Å²) in [6.45, 7) is 3.61. The summed E-state index contributed by atoms with van der Waals surface area (Å²) in [7, 11) is 1.58. The first-order valence-electron chi connectivity index (χ1n) is 11.5. The molecule has 35 heavy (non-hydrogen) atoms. The molecule has 1 aliphatic rings. The van der Waals surface area contributed by atoms with Gasteiger partial charge in [0, 0.05) is 42.1 Å². The molecule has 3 heterocycles. The van der Waals surface area contributed by atoms with Crippen molar-refractivity contribution in [3.63, 3.8) is 0 Å². The number of hydrogen-bond donors (Lipinski definition) is 2. The van der Waals surface area contributed by atoms with E-state index in [-0.39, 0.29) is 10.7 Å². The second-order valence-corrected chi connectivity index (χ2v) is 9.72. The number of methoxy groups -OCH3 is 1. The summed E-state index contributed by atoms with van der Waals surface area (Å²) in [5.74, 6) is 0.289. The number of carboxylic acids is 1. The largest absolute Gasteiger partial charge is 0.496 e. The molecule has 4 aromatic rings. The number of aryl methyl sites for hydroxylation is 1. The Morgan fingerprint density at radius 3 is 2.83 bits per heavy atom. The number of nitrogens with one attached hydrogen (secondary N) is 1. The van der Waals surface area contributed by atoms with Crippen LogP contribution in [0, 0.1) is 18.7 Å². The van der Waals surface area contributed by atoms with E-state index in [0.29, 0.717) is 48.3 Å². The van der Waals surface area contributed by atoms with Crippen LogP contribution in [0.1, 0.15) is 28.2 Å². The number of pyridine rings is 1. The summed E-state index contributed by atoms with van der Waals surface area (Å²) in [5.41, 5.74) is 2.98. The fourth-order valence-corrected chi connectivity index (χ4v) is 5.05. The van der Waals surface area contributed by atoms with Crippen LogP contribution in [-0.4, -0.2) is 40.9 Å². The number of carbonyl (C=O) groups is 1. The predicted molar refractivity (Wildman–Crippen MR) is 134 cm³/mol. The van der Waals surface area contributed by atoms with Crippen molar-refractivity contribution in [1.82, 2.24) is 9.55 Å². The molecule has 1 aliphatic carbocycles. The topological polar surface area (TPSA) is 85.6 Å². The molecule has 1 fully saturated rings. The number of aromatic carboxylic acids is 1. The van der Waals surface area contributed by atoms with Gasteiger partial charge in [0.15, 0.2) is 4.88 Å². The Balaban J connectivity index is 1.31. The van der Waals surface area contributed by atoms with Crippen LogP contribution < -0.4 is 14.8 Å². The molecule has 0 saturated heterocycles. The predicted octanol–water partition coefficient (Wildman–Crippen LogP) is 5.82.